The number of hydrogen-bond acceptors (Lipinski definition) is 5. The van der Waals surface area contributed by atoms with Gasteiger partial charge in [-0.2, -0.15) is 0 Å². The number of carbonyl (C=O) groups excluding carboxylic acids is 1. The first-order chi connectivity index (χ1) is 13.2. The van der Waals surface area contributed by atoms with Crippen LogP contribution in [0, 0.1) is 15.9 Å². The van der Waals surface area contributed by atoms with E-state index in [0.29, 0.717) is 24.0 Å². The molecule has 2 aromatic rings. The van der Waals surface area contributed by atoms with Crippen LogP contribution in [-0.4, -0.2) is 19.2 Å². The summed E-state index contributed by atoms with van der Waals surface area (Å²) in [5.41, 5.74) is -0.448. The van der Waals surface area contributed by atoms with Gasteiger partial charge in [-0.05, 0) is 36.1 Å². The maximum atomic E-state index is 13.7. The average molecular weight is 406 g/mol. The lowest BCUT2D eigenvalue weighted by Gasteiger charge is -2.28. The third kappa shape index (κ3) is 4.19. The zero-order valence-electron chi connectivity index (χ0n) is 14.9. The van der Waals surface area contributed by atoms with Crippen LogP contribution in [0.3, 0.4) is 0 Å². The molecule has 0 spiro atoms. The molecule has 9 heteroatoms. The SMILES string of the molecule is O=C(NS(=O)(=O)Cc1ccc([N+](=O)[O-])cc1)C1(c2cccc(F)c2)CCCC1. The van der Waals surface area contributed by atoms with Crippen LogP contribution in [0.5, 0.6) is 0 Å². The van der Waals surface area contributed by atoms with Crippen molar-refractivity contribution in [3.8, 4) is 0 Å². The van der Waals surface area contributed by atoms with E-state index in [9.17, 15) is 27.7 Å². The minimum absolute atomic E-state index is 0.152. The van der Waals surface area contributed by atoms with Crippen LogP contribution < -0.4 is 4.72 Å². The number of hydrogen-bond donors (Lipinski definition) is 1. The molecule has 0 saturated heterocycles. The zero-order valence-corrected chi connectivity index (χ0v) is 15.7. The number of rotatable bonds is 6. The number of nitrogens with one attached hydrogen (secondary N) is 1. The Kier molecular flexibility index (Phi) is 5.46. The molecule has 0 atom stereocenters. The third-order valence-corrected chi connectivity index (χ3v) is 6.23. The summed E-state index contributed by atoms with van der Waals surface area (Å²) >= 11 is 0. The van der Waals surface area contributed by atoms with Gasteiger partial charge < -0.3 is 0 Å². The van der Waals surface area contributed by atoms with E-state index in [4.69, 9.17) is 0 Å². The summed E-state index contributed by atoms with van der Waals surface area (Å²) < 4.78 is 40.8. The molecule has 7 nitrogen and oxygen atoms in total. The minimum Gasteiger partial charge on any atom is -0.273 e. The number of halogens is 1. The van der Waals surface area contributed by atoms with Crippen LogP contribution >= 0.6 is 0 Å². The Labute approximate surface area is 161 Å². The summed E-state index contributed by atoms with van der Waals surface area (Å²) in [6.45, 7) is 0. The Morgan fingerprint density at radius 1 is 1.14 bits per heavy atom. The molecule has 3 rings (SSSR count). The molecule has 2 aromatic carbocycles. The molecule has 0 aliphatic heterocycles. The lowest BCUT2D eigenvalue weighted by molar-refractivity contribution is -0.384. The average Bonchev–Trinajstić information content (AvgIpc) is 3.12. The van der Waals surface area contributed by atoms with Gasteiger partial charge in [0.05, 0.1) is 16.1 Å². The molecular weight excluding hydrogens is 387 g/mol. The van der Waals surface area contributed by atoms with E-state index in [1.165, 1.54) is 42.5 Å². The van der Waals surface area contributed by atoms with Gasteiger partial charge in [0, 0.05) is 12.1 Å². The zero-order chi connectivity index (χ0) is 20.4. The first kappa shape index (κ1) is 19.9. The largest absolute Gasteiger partial charge is 0.273 e. The number of amides is 1. The highest BCUT2D eigenvalue weighted by Crippen LogP contribution is 2.41. The molecule has 1 N–H and O–H groups in total. The van der Waals surface area contributed by atoms with Crippen LogP contribution in [0.2, 0.25) is 0 Å². The van der Waals surface area contributed by atoms with E-state index in [1.54, 1.807) is 6.07 Å². The fourth-order valence-electron chi connectivity index (χ4n) is 3.62. The molecule has 0 heterocycles. The van der Waals surface area contributed by atoms with Crippen LogP contribution in [0.1, 0.15) is 36.8 Å². The fourth-order valence-corrected chi connectivity index (χ4v) is 4.80. The van der Waals surface area contributed by atoms with Crippen LogP contribution in [0.25, 0.3) is 0 Å². The van der Waals surface area contributed by atoms with Gasteiger partial charge in [-0.25, -0.2) is 12.8 Å². The maximum absolute atomic E-state index is 13.7. The van der Waals surface area contributed by atoms with Crippen molar-refractivity contribution < 1.29 is 22.5 Å². The van der Waals surface area contributed by atoms with Gasteiger partial charge in [0.15, 0.2) is 0 Å². The number of benzene rings is 2. The second kappa shape index (κ2) is 7.67. The number of nitro benzene ring substituents is 1. The van der Waals surface area contributed by atoms with Crippen molar-refractivity contribution in [1.29, 1.82) is 0 Å². The van der Waals surface area contributed by atoms with Gasteiger partial charge in [0.25, 0.3) is 5.69 Å². The van der Waals surface area contributed by atoms with Gasteiger partial charge in [0.2, 0.25) is 15.9 Å². The standard InChI is InChI=1S/C19H19FN2O5S/c20-16-5-3-4-15(12-16)19(10-1-2-11-19)18(23)21-28(26,27)13-14-6-8-17(9-7-14)22(24)25/h3-9,12H,1-2,10-11,13H2,(H,21,23). The third-order valence-electron chi connectivity index (χ3n) is 5.02. The van der Waals surface area contributed by atoms with Crippen LogP contribution in [-0.2, 0) is 26.0 Å². The molecule has 0 unspecified atom stereocenters. The van der Waals surface area contributed by atoms with Crippen molar-refractivity contribution in [3.05, 3.63) is 75.6 Å². The lowest BCUT2D eigenvalue weighted by Crippen LogP contribution is -2.45. The highest BCUT2D eigenvalue weighted by Gasteiger charge is 2.44. The highest BCUT2D eigenvalue weighted by atomic mass is 32.2. The van der Waals surface area contributed by atoms with Crippen molar-refractivity contribution in [2.24, 2.45) is 0 Å². The highest BCUT2D eigenvalue weighted by molar-refractivity contribution is 7.89. The number of sulfonamides is 1. The van der Waals surface area contributed by atoms with Gasteiger partial charge in [-0.1, -0.05) is 37.1 Å². The molecule has 0 bridgehead atoms. The Bertz CT molecular complexity index is 999. The van der Waals surface area contributed by atoms with Gasteiger partial charge in [-0.15, -0.1) is 0 Å². The fraction of sp³-hybridized carbons (Fsp3) is 0.316. The van der Waals surface area contributed by atoms with Gasteiger partial charge in [-0.3, -0.25) is 19.6 Å². The first-order valence-electron chi connectivity index (χ1n) is 8.76. The first-order valence-corrected chi connectivity index (χ1v) is 10.4. The second-order valence-electron chi connectivity index (χ2n) is 6.91. The molecular formula is C19H19FN2O5S. The van der Waals surface area contributed by atoms with E-state index < -0.39 is 37.8 Å². The van der Waals surface area contributed by atoms with Crippen LogP contribution in [0.4, 0.5) is 10.1 Å². The smallest absolute Gasteiger partial charge is 0.269 e. The van der Waals surface area contributed by atoms with Crippen molar-refractivity contribution in [3.63, 3.8) is 0 Å². The number of carbonyl (C=O) groups is 1. The van der Waals surface area contributed by atoms with E-state index in [1.807, 2.05) is 0 Å². The molecule has 0 aromatic heterocycles. The summed E-state index contributed by atoms with van der Waals surface area (Å²) in [5.74, 6) is -1.64. The van der Waals surface area contributed by atoms with Crippen molar-refractivity contribution in [2.75, 3.05) is 0 Å². The minimum atomic E-state index is -4.02. The Morgan fingerprint density at radius 2 is 1.79 bits per heavy atom. The summed E-state index contributed by atoms with van der Waals surface area (Å²) in [5, 5.41) is 10.7. The number of nitro groups is 1. The normalized spacial score (nSPS) is 15.9. The topological polar surface area (TPSA) is 106 Å². The molecule has 148 valence electrons. The molecule has 1 saturated carbocycles. The van der Waals surface area contributed by atoms with E-state index >= 15 is 0 Å². The summed E-state index contributed by atoms with van der Waals surface area (Å²) in [6, 6.07) is 10.8. The monoisotopic (exact) mass is 406 g/mol. The molecule has 0 radical (unpaired) electrons. The molecule has 28 heavy (non-hydrogen) atoms. The number of nitrogens with zero attached hydrogens (tertiary/aromatic N) is 1. The Morgan fingerprint density at radius 3 is 2.36 bits per heavy atom. The predicted octanol–water partition coefficient (Wildman–Crippen LogP) is 3.19. The van der Waals surface area contributed by atoms with Crippen molar-refractivity contribution >= 4 is 21.6 Å². The van der Waals surface area contributed by atoms with E-state index in [-0.39, 0.29) is 5.69 Å². The molecule has 1 fully saturated rings. The van der Waals surface area contributed by atoms with Gasteiger partial charge >= 0.3 is 0 Å². The summed E-state index contributed by atoms with van der Waals surface area (Å²) in [4.78, 5) is 23.0. The van der Waals surface area contributed by atoms with Gasteiger partial charge in [0.1, 0.15) is 5.82 Å². The van der Waals surface area contributed by atoms with E-state index in [0.717, 1.165) is 12.8 Å². The number of non-ortho nitro benzene ring substituents is 1. The van der Waals surface area contributed by atoms with Crippen molar-refractivity contribution in [1.82, 2.24) is 4.72 Å². The van der Waals surface area contributed by atoms with Crippen molar-refractivity contribution in [2.45, 2.75) is 36.9 Å². The predicted molar refractivity (Wildman–Crippen MR) is 100 cm³/mol. The van der Waals surface area contributed by atoms with Crippen LogP contribution in [0.15, 0.2) is 48.5 Å². The molecule has 1 amide bonds. The lowest BCUT2D eigenvalue weighted by atomic mass is 9.78. The summed E-state index contributed by atoms with van der Waals surface area (Å²) in [6.07, 6.45) is 2.36. The summed E-state index contributed by atoms with van der Waals surface area (Å²) in [7, 11) is -4.02. The second-order valence-corrected chi connectivity index (χ2v) is 8.64. The Hall–Kier alpha value is -2.81. The maximum Gasteiger partial charge on any atom is 0.269 e. The van der Waals surface area contributed by atoms with E-state index in [2.05, 4.69) is 4.72 Å². The Balaban J connectivity index is 1.80. The molecule has 1 aliphatic carbocycles. The quantitative estimate of drug-likeness (QED) is 0.586. The molecule has 1 aliphatic rings.